The second-order valence-electron chi connectivity index (χ2n) is 9.49. The van der Waals surface area contributed by atoms with Crippen molar-refractivity contribution in [3.05, 3.63) is 0 Å². The van der Waals surface area contributed by atoms with Crippen LogP contribution in [-0.4, -0.2) is 66.5 Å². The molecule has 1 unspecified atom stereocenters. The second kappa shape index (κ2) is 7.03. The molecule has 154 valence electrons. The molecule has 3 rings (SSSR count). The first-order valence-electron chi connectivity index (χ1n) is 10.1. The van der Waals surface area contributed by atoms with E-state index in [0.29, 0.717) is 31.7 Å². The Morgan fingerprint density at radius 2 is 1.81 bits per heavy atom. The predicted molar refractivity (Wildman–Crippen MR) is 104 cm³/mol. The first-order valence-corrected chi connectivity index (χ1v) is 11.9. The second-order valence-corrected chi connectivity index (χ2v) is 11.7. The van der Waals surface area contributed by atoms with Gasteiger partial charge in [-0.2, -0.15) is 0 Å². The summed E-state index contributed by atoms with van der Waals surface area (Å²) in [6.45, 7) is 9.40. The van der Waals surface area contributed by atoms with Crippen LogP contribution in [0.2, 0.25) is 0 Å². The number of sulfone groups is 1. The van der Waals surface area contributed by atoms with E-state index in [1.807, 2.05) is 11.8 Å². The van der Waals surface area contributed by atoms with Gasteiger partial charge in [0.15, 0.2) is 9.84 Å². The van der Waals surface area contributed by atoms with Crippen molar-refractivity contribution < 1.29 is 18.0 Å². The summed E-state index contributed by atoms with van der Waals surface area (Å²) in [6.07, 6.45) is 3.79. The summed E-state index contributed by atoms with van der Waals surface area (Å²) in [5, 5.41) is 2.97. The molecule has 3 amide bonds. The molecule has 8 heteroatoms. The van der Waals surface area contributed by atoms with E-state index in [1.165, 1.54) is 4.90 Å². The van der Waals surface area contributed by atoms with E-state index in [-0.39, 0.29) is 41.6 Å². The van der Waals surface area contributed by atoms with Gasteiger partial charge in [-0.1, -0.05) is 27.7 Å². The highest BCUT2D eigenvalue weighted by atomic mass is 32.2. The van der Waals surface area contributed by atoms with Crippen molar-refractivity contribution in [1.29, 1.82) is 0 Å². The number of carbonyl (C=O) groups is 2. The van der Waals surface area contributed by atoms with Crippen LogP contribution in [0.3, 0.4) is 0 Å². The summed E-state index contributed by atoms with van der Waals surface area (Å²) < 4.78 is 23.6. The number of imide groups is 1. The van der Waals surface area contributed by atoms with Crippen molar-refractivity contribution in [2.75, 3.05) is 24.7 Å². The molecule has 2 aliphatic heterocycles. The highest BCUT2D eigenvalue weighted by molar-refractivity contribution is 7.91. The van der Waals surface area contributed by atoms with Gasteiger partial charge in [0.05, 0.1) is 18.2 Å². The fraction of sp³-hybridized carbons (Fsp3) is 0.895. The molecule has 0 bridgehead atoms. The van der Waals surface area contributed by atoms with E-state index in [1.54, 1.807) is 0 Å². The number of carbonyl (C=O) groups excluding carboxylic acids is 2. The molecule has 1 aliphatic carbocycles. The Labute approximate surface area is 162 Å². The van der Waals surface area contributed by atoms with Gasteiger partial charge in [-0.3, -0.25) is 9.69 Å². The third-order valence-corrected chi connectivity index (χ3v) is 8.51. The van der Waals surface area contributed by atoms with Gasteiger partial charge in [0.25, 0.3) is 5.91 Å². The lowest BCUT2D eigenvalue weighted by Gasteiger charge is -2.40. The van der Waals surface area contributed by atoms with Crippen molar-refractivity contribution in [3.8, 4) is 0 Å². The first kappa shape index (κ1) is 20.6. The van der Waals surface area contributed by atoms with Crippen LogP contribution in [0.1, 0.15) is 59.8 Å². The fourth-order valence-corrected chi connectivity index (χ4v) is 6.60. The summed E-state index contributed by atoms with van der Waals surface area (Å²) in [7, 11) is -3.00. The Bertz CT molecular complexity index is 705. The van der Waals surface area contributed by atoms with E-state index >= 15 is 0 Å². The molecule has 2 saturated heterocycles. The zero-order valence-electron chi connectivity index (χ0n) is 17.0. The summed E-state index contributed by atoms with van der Waals surface area (Å²) in [6, 6.07) is -0.456. The predicted octanol–water partition coefficient (Wildman–Crippen LogP) is 1.98. The lowest BCUT2D eigenvalue weighted by molar-refractivity contribution is -0.134. The number of urea groups is 1. The Hall–Kier alpha value is -1.15. The number of rotatable bonds is 4. The van der Waals surface area contributed by atoms with Crippen molar-refractivity contribution in [2.45, 2.75) is 71.4 Å². The van der Waals surface area contributed by atoms with Gasteiger partial charge in [0.2, 0.25) is 0 Å². The smallest absolute Gasteiger partial charge is 0.323 e. The minimum absolute atomic E-state index is 0.114. The maximum Gasteiger partial charge on any atom is 0.326 e. The largest absolute Gasteiger partial charge is 0.326 e. The van der Waals surface area contributed by atoms with Gasteiger partial charge in [-0.15, -0.1) is 0 Å². The Morgan fingerprint density at radius 3 is 2.30 bits per heavy atom. The van der Waals surface area contributed by atoms with Crippen LogP contribution in [0.4, 0.5) is 4.79 Å². The third kappa shape index (κ3) is 4.01. The Balaban J connectivity index is 1.68. The maximum atomic E-state index is 13.1. The lowest BCUT2D eigenvalue weighted by atomic mass is 9.67. The molecular weight excluding hydrogens is 366 g/mol. The van der Waals surface area contributed by atoms with E-state index < -0.39 is 15.4 Å². The molecule has 3 aliphatic rings. The molecule has 0 aromatic carbocycles. The molecule has 1 atom stereocenters. The molecular formula is C19H33N3O4S. The van der Waals surface area contributed by atoms with Crippen LogP contribution in [0.15, 0.2) is 0 Å². The zero-order valence-corrected chi connectivity index (χ0v) is 17.8. The number of hydrogen-bond acceptors (Lipinski definition) is 5. The third-order valence-electron chi connectivity index (χ3n) is 6.76. The summed E-state index contributed by atoms with van der Waals surface area (Å²) in [5.74, 6) is 0.715. The average molecular weight is 400 g/mol. The molecule has 1 saturated carbocycles. The quantitative estimate of drug-likeness (QED) is 0.731. The molecule has 27 heavy (non-hydrogen) atoms. The van der Waals surface area contributed by atoms with Gasteiger partial charge >= 0.3 is 6.03 Å². The monoisotopic (exact) mass is 399 g/mol. The van der Waals surface area contributed by atoms with Gasteiger partial charge in [-0.05, 0) is 50.0 Å². The highest BCUT2D eigenvalue weighted by Gasteiger charge is 2.53. The van der Waals surface area contributed by atoms with Crippen molar-refractivity contribution in [1.82, 2.24) is 15.1 Å². The molecule has 7 nitrogen and oxygen atoms in total. The van der Waals surface area contributed by atoms with Crippen LogP contribution in [-0.2, 0) is 14.6 Å². The highest BCUT2D eigenvalue weighted by Crippen LogP contribution is 2.43. The van der Waals surface area contributed by atoms with Crippen molar-refractivity contribution in [3.63, 3.8) is 0 Å². The summed E-state index contributed by atoms with van der Waals surface area (Å²) in [5.41, 5.74) is -0.556. The minimum Gasteiger partial charge on any atom is -0.323 e. The Kier molecular flexibility index (Phi) is 5.36. The summed E-state index contributed by atoms with van der Waals surface area (Å²) in [4.78, 5) is 29.0. The lowest BCUT2D eigenvalue weighted by Crippen LogP contribution is -2.51. The van der Waals surface area contributed by atoms with E-state index in [0.717, 1.165) is 12.8 Å². The van der Waals surface area contributed by atoms with Gasteiger partial charge < -0.3 is 5.32 Å². The molecule has 0 aromatic heterocycles. The zero-order chi connectivity index (χ0) is 20.0. The van der Waals surface area contributed by atoms with Gasteiger partial charge in [-0.25, -0.2) is 18.1 Å². The van der Waals surface area contributed by atoms with Crippen LogP contribution in [0.25, 0.3) is 0 Å². The van der Waals surface area contributed by atoms with Crippen LogP contribution >= 0.6 is 0 Å². The van der Waals surface area contributed by atoms with Crippen molar-refractivity contribution >= 4 is 21.8 Å². The molecule has 1 spiro atoms. The normalized spacial score (nSPS) is 33.9. The van der Waals surface area contributed by atoms with Crippen LogP contribution in [0, 0.1) is 11.3 Å². The number of amides is 3. The van der Waals surface area contributed by atoms with Gasteiger partial charge in [0.1, 0.15) is 5.54 Å². The van der Waals surface area contributed by atoms with Crippen molar-refractivity contribution in [2.24, 2.45) is 11.3 Å². The fourth-order valence-electron chi connectivity index (χ4n) is 4.84. The SMILES string of the molecule is CCN(CN1C(=O)NC2(CCC(C(C)(C)C)CC2)C1=O)C1CCS(=O)(=O)C1. The molecule has 1 N–H and O–H groups in total. The first-order chi connectivity index (χ1) is 12.5. The van der Waals surface area contributed by atoms with E-state index in [9.17, 15) is 18.0 Å². The molecule has 0 aromatic rings. The van der Waals surface area contributed by atoms with Gasteiger partial charge in [0, 0.05) is 6.04 Å². The molecule has 3 fully saturated rings. The molecule has 0 radical (unpaired) electrons. The standard InChI is InChI=1S/C19H33N3O4S/c1-5-21(15-8-11-27(25,26)12-15)13-22-16(23)19(20-17(22)24)9-6-14(7-10-19)18(2,3)4/h14-15H,5-13H2,1-4H3,(H,20,24). The number of nitrogens with one attached hydrogen (secondary N) is 1. The van der Waals surface area contributed by atoms with Crippen LogP contribution < -0.4 is 5.32 Å². The number of hydrogen-bond donors (Lipinski definition) is 1. The molecule has 2 heterocycles. The topological polar surface area (TPSA) is 86.8 Å². The van der Waals surface area contributed by atoms with Crippen LogP contribution in [0.5, 0.6) is 0 Å². The summed E-state index contributed by atoms with van der Waals surface area (Å²) >= 11 is 0. The van der Waals surface area contributed by atoms with E-state index in [4.69, 9.17) is 0 Å². The average Bonchev–Trinajstić information content (AvgIpc) is 3.03. The van der Waals surface area contributed by atoms with E-state index in [2.05, 4.69) is 26.1 Å². The minimum atomic E-state index is -3.00. The maximum absolute atomic E-state index is 13.1. The Morgan fingerprint density at radius 1 is 1.19 bits per heavy atom. The number of nitrogens with zero attached hydrogens (tertiary/aromatic N) is 2.